The van der Waals surface area contributed by atoms with Gasteiger partial charge in [-0.1, -0.05) is 11.6 Å². The van der Waals surface area contributed by atoms with Gasteiger partial charge >= 0.3 is 0 Å². The lowest BCUT2D eigenvalue weighted by Crippen LogP contribution is -2.42. The summed E-state index contributed by atoms with van der Waals surface area (Å²) in [6.07, 6.45) is 3.32. The maximum Gasteiger partial charge on any atom is 0.0410 e. The third kappa shape index (κ3) is 3.62. The van der Waals surface area contributed by atoms with E-state index in [0.717, 1.165) is 11.4 Å². The van der Waals surface area contributed by atoms with E-state index in [1.807, 2.05) is 6.07 Å². The number of likely N-dealkylation sites (tertiary alicyclic amines) is 1. The van der Waals surface area contributed by atoms with Gasteiger partial charge in [0.25, 0.3) is 0 Å². The van der Waals surface area contributed by atoms with Gasteiger partial charge < -0.3 is 15.5 Å². The van der Waals surface area contributed by atoms with Gasteiger partial charge in [0, 0.05) is 23.8 Å². The number of rotatable bonds is 4. The van der Waals surface area contributed by atoms with E-state index in [1.165, 1.54) is 37.2 Å². The van der Waals surface area contributed by atoms with Crippen LogP contribution in [0.15, 0.2) is 18.2 Å². The molecule has 1 aromatic rings. The van der Waals surface area contributed by atoms with Crippen LogP contribution in [-0.2, 0) is 6.42 Å². The SMILES string of the molecule is CN1CCC(N(C)c2ccc(Cl)cc2CCN)CC1. The van der Waals surface area contributed by atoms with Crippen molar-refractivity contribution in [3.8, 4) is 0 Å². The number of nitrogens with two attached hydrogens (primary N) is 1. The fourth-order valence-corrected chi connectivity index (χ4v) is 3.03. The second-order valence-corrected chi connectivity index (χ2v) is 5.89. The van der Waals surface area contributed by atoms with Gasteiger partial charge in [-0.3, -0.25) is 0 Å². The molecule has 0 aliphatic carbocycles. The molecule has 1 fully saturated rings. The summed E-state index contributed by atoms with van der Waals surface area (Å²) >= 11 is 6.10. The van der Waals surface area contributed by atoms with Crippen molar-refractivity contribution in [2.24, 2.45) is 5.73 Å². The minimum absolute atomic E-state index is 0.619. The topological polar surface area (TPSA) is 32.5 Å². The Balaban J connectivity index is 2.15. The van der Waals surface area contributed by atoms with Crippen LogP contribution in [0.5, 0.6) is 0 Å². The highest BCUT2D eigenvalue weighted by molar-refractivity contribution is 6.30. The van der Waals surface area contributed by atoms with Crippen LogP contribution < -0.4 is 10.6 Å². The number of halogens is 1. The Labute approximate surface area is 121 Å². The molecule has 0 atom stereocenters. The first-order valence-corrected chi connectivity index (χ1v) is 7.39. The first-order chi connectivity index (χ1) is 9.11. The molecule has 1 aliphatic rings. The van der Waals surface area contributed by atoms with E-state index in [4.69, 9.17) is 17.3 Å². The molecule has 0 spiro atoms. The number of nitrogens with zero attached hydrogens (tertiary/aromatic N) is 2. The molecule has 1 aliphatic heterocycles. The Morgan fingerprint density at radius 1 is 1.37 bits per heavy atom. The zero-order valence-electron chi connectivity index (χ0n) is 11.9. The van der Waals surface area contributed by atoms with Crippen molar-refractivity contribution in [1.82, 2.24) is 4.90 Å². The smallest absolute Gasteiger partial charge is 0.0410 e. The fraction of sp³-hybridized carbons (Fsp3) is 0.600. The van der Waals surface area contributed by atoms with Crippen LogP contribution in [0.4, 0.5) is 5.69 Å². The average Bonchev–Trinajstić information content (AvgIpc) is 2.39. The van der Waals surface area contributed by atoms with Crippen LogP contribution in [0.1, 0.15) is 18.4 Å². The Morgan fingerprint density at radius 3 is 2.68 bits per heavy atom. The highest BCUT2D eigenvalue weighted by atomic mass is 35.5. The summed E-state index contributed by atoms with van der Waals surface area (Å²) in [5.74, 6) is 0. The van der Waals surface area contributed by atoms with Crippen LogP contribution in [0, 0.1) is 0 Å². The Morgan fingerprint density at radius 2 is 2.05 bits per heavy atom. The van der Waals surface area contributed by atoms with E-state index in [1.54, 1.807) is 0 Å². The molecular weight excluding hydrogens is 258 g/mol. The molecule has 19 heavy (non-hydrogen) atoms. The van der Waals surface area contributed by atoms with Crippen molar-refractivity contribution >= 4 is 17.3 Å². The average molecular weight is 282 g/mol. The largest absolute Gasteiger partial charge is 0.371 e. The first-order valence-electron chi connectivity index (χ1n) is 7.01. The number of anilines is 1. The van der Waals surface area contributed by atoms with Crippen LogP contribution in [0.3, 0.4) is 0 Å². The number of benzene rings is 1. The quantitative estimate of drug-likeness (QED) is 0.920. The normalized spacial score (nSPS) is 17.7. The van der Waals surface area contributed by atoms with Crippen molar-refractivity contribution < 1.29 is 0 Å². The van der Waals surface area contributed by atoms with Gasteiger partial charge in [0.1, 0.15) is 0 Å². The lowest BCUT2D eigenvalue weighted by molar-refractivity contribution is 0.253. The fourth-order valence-electron chi connectivity index (χ4n) is 2.83. The van der Waals surface area contributed by atoms with E-state index < -0.39 is 0 Å². The third-order valence-electron chi connectivity index (χ3n) is 4.07. The minimum atomic E-state index is 0.619. The molecule has 0 bridgehead atoms. The van der Waals surface area contributed by atoms with E-state index in [0.29, 0.717) is 12.6 Å². The molecule has 3 nitrogen and oxygen atoms in total. The van der Waals surface area contributed by atoms with Crippen molar-refractivity contribution in [1.29, 1.82) is 0 Å². The molecule has 0 aromatic heterocycles. The van der Waals surface area contributed by atoms with Crippen molar-refractivity contribution in [3.05, 3.63) is 28.8 Å². The first kappa shape index (κ1) is 14.6. The number of hydrogen-bond acceptors (Lipinski definition) is 3. The molecule has 4 heteroatoms. The second-order valence-electron chi connectivity index (χ2n) is 5.46. The van der Waals surface area contributed by atoms with Crippen LogP contribution in [-0.4, -0.2) is 44.7 Å². The zero-order chi connectivity index (χ0) is 13.8. The highest BCUT2D eigenvalue weighted by Crippen LogP contribution is 2.28. The van der Waals surface area contributed by atoms with Gasteiger partial charge in [-0.05, 0) is 69.7 Å². The lowest BCUT2D eigenvalue weighted by atomic mass is 10.0. The maximum atomic E-state index is 6.10. The summed E-state index contributed by atoms with van der Waals surface area (Å²) in [6, 6.07) is 6.78. The molecule has 0 amide bonds. The second kappa shape index (κ2) is 6.60. The summed E-state index contributed by atoms with van der Waals surface area (Å²) in [5, 5.41) is 0.795. The predicted octanol–water partition coefficient (Wildman–Crippen LogP) is 2.37. The molecule has 106 valence electrons. The summed E-state index contributed by atoms with van der Waals surface area (Å²) < 4.78 is 0. The highest BCUT2D eigenvalue weighted by Gasteiger charge is 2.22. The van der Waals surface area contributed by atoms with Crippen LogP contribution in [0.25, 0.3) is 0 Å². The Kier molecular flexibility index (Phi) is 5.08. The molecule has 1 saturated heterocycles. The van der Waals surface area contributed by atoms with Gasteiger partial charge in [-0.25, -0.2) is 0 Å². The molecule has 1 aromatic carbocycles. The van der Waals surface area contributed by atoms with E-state index in [9.17, 15) is 0 Å². The van der Waals surface area contributed by atoms with Gasteiger partial charge in [0.15, 0.2) is 0 Å². The summed E-state index contributed by atoms with van der Waals surface area (Å²) in [7, 11) is 4.39. The monoisotopic (exact) mass is 281 g/mol. The molecule has 0 unspecified atom stereocenters. The molecule has 2 rings (SSSR count). The molecule has 2 N–H and O–H groups in total. The summed E-state index contributed by atoms with van der Waals surface area (Å²) in [6.45, 7) is 3.01. The van der Waals surface area contributed by atoms with E-state index in [-0.39, 0.29) is 0 Å². The van der Waals surface area contributed by atoms with Crippen molar-refractivity contribution in [2.75, 3.05) is 38.6 Å². The summed E-state index contributed by atoms with van der Waals surface area (Å²) in [4.78, 5) is 4.81. The van der Waals surface area contributed by atoms with Gasteiger partial charge in [-0.2, -0.15) is 0 Å². The van der Waals surface area contributed by atoms with Crippen molar-refractivity contribution in [2.45, 2.75) is 25.3 Å². The Hall–Kier alpha value is -0.770. The predicted molar refractivity (Wildman–Crippen MR) is 83.1 cm³/mol. The van der Waals surface area contributed by atoms with Gasteiger partial charge in [0.05, 0.1) is 0 Å². The van der Waals surface area contributed by atoms with Gasteiger partial charge in [-0.15, -0.1) is 0 Å². The minimum Gasteiger partial charge on any atom is -0.371 e. The number of hydrogen-bond donors (Lipinski definition) is 1. The maximum absolute atomic E-state index is 6.10. The summed E-state index contributed by atoms with van der Waals surface area (Å²) in [5.41, 5.74) is 8.25. The van der Waals surface area contributed by atoms with E-state index >= 15 is 0 Å². The standard InChI is InChI=1S/C15H24ClN3/c1-18-9-6-14(7-10-18)19(2)15-4-3-13(16)11-12(15)5-8-17/h3-4,11,14H,5-10,17H2,1-2H3. The van der Waals surface area contributed by atoms with Crippen LogP contribution >= 0.6 is 11.6 Å². The van der Waals surface area contributed by atoms with Crippen molar-refractivity contribution in [3.63, 3.8) is 0 Å². The Bertz CT molecular complexity index is 414. The zero-order valence-corrected chi connectivity index (χ0v) is 12.7. The molecule has 0 saturated carbocycles. The third-order valence-corrected chi connectivity index (χ3v) is 4.31. The molecule has 0 radical (unpaired) electrons. The van der Waals surface area contributed by atoms with E-state index in [2.05, 4.69) is 36.0 Å². The van der Waals surface area contributed by atoms with Crippen LogP contribution in [0.2, 0.25) is 5.02 Å². The van der Waals surface area contributed by atoms with Gasteiger partial charge in [0.2, 0.25) is 0 Å². The lowest BCUT2D eigenvalue weighted by Gasteiger charge is -2.37. The molecule has 1 heterocycles. The number of piperidine rings is 1. The molecular formula is C15H24ClN3.